The van der Waals surface area contributed by atoms with E-state index in [1.165, 1.54) is 18.3 Å². The molecule has 0 bridgehead atoms. The molecule has 3 heterocycles. The van der Waals surface area contributed by atoms with Gasteiger partial charge in [-0.15, -0.1) is 0 Å². The fourth-order valence-electron chi connectivity index (χ4n) is 2.45. The molecule has 3 aromatic heterocycles. The molecule has 4 rings (SSSR count). The number of H-pyrrole nitrogens is 1. The molecule has 0 spiro atoms. The smallest absolute Gasteiger partial charge is 0.328 e. The SMILES string of the molecule is CCCOc1nc(Oc2ccccc2F)nc2oc(-c3ccc[nH]c3=O)nc12. The molecule has 0 fully saturated rings. The van der Waals surface area contributed by atoms with Crippen molar-refractivity contribution in [3.8, 4) is 29.1 Å². The third-order valence-corrected chi connectivity index (χ3v) is 3.74. The van der Waals surface area contributed by atoms with Crippen molar-refractivity contribution < 1.29 is 18.3 Å². The van der Waals surface area contributed by atoms with E-state index in [0.29, 0.717) is 6.61 Å². The standard InChI is InChI=1S/C19H15FN4O4/c1-2-10-26-17-14-18(28-16(22-14)11-6-5-9-21-15(11)25)24-19(23-17)27-13-8-4-3-7-12(13)20/h3-9H,2,10H2,1H3,(H,21,25). The molecular weight excluding hydrogens is 367 g/mol. The number of fused-ring (bicyclic) bond motifs is 1. The second-order valence-electron chi connectivity index (χ2n) is 5.78. The number of oxazole rings is 1. The molecule has 1 aromatic carbocycles. The van der Waals surface area contributed by atoms with Gasteiger partial charge in [-0.2, -0.15) is 9.97 Å². The number of hydrogen-bond acceptors (Lipinski definition) is 7. The Hall–Kier alpha value is -3.75. The van der Waals surface area contributed by atoms with Crippen molar-refractivity contribution >= 4 is 11.2 Å². The topological polar surface area (TPSA) is 103 Å². The summed E-state index contributed by atoms with van der Waals surface area (Å²) >= 11 is 0. The third kappa shape index (κ3) is 3.41. The number of nitrogens with one attached hydrogen (secondary N) is 1. The Morgan fingerprint density at radius 1 is 1.14 bits per heavy atom. The number of benzene rings is 1. The lowest BCUT2D eigenvalue weighted by atomic mass is 10.3. The Morgan fingerprint density at radius 3 is 2.79 bits per heavy atom. The minimum Gasteiger partial charge on any atom is -0.476 e. The van der Waals surface area contributed by atoms with Gasteiger partial charge in [-0.05, 0) is 30.7 Å². The van der Waals surface area contributed by atoms with Gasteiger partial charge in [-0.1, -0.05) is 19.1 Å². The van der Waals surface area contributed by atoms with Crippen LogP contribution in [-0.2, 0) is 0 Å². The van der Waals surface area contributed by atoms with Crippen molar-refractivity contribution in [3.05, 3.63) is 58.8 Å². The van der Waals surface area contributed by atoms with Gasteiger partial charge in [-0.25, -0.2) is 9.37 Å². The minimum absolute atomic E-state index is 0.0393. The van der Waals surface area contributed by atoms with E-state index in [0.717, 1.165) is 6.42 Å². The summed E-state index contributed by atoms with van der Waals surface area (Å²) < 4.78 is 30.6. The molecule has 0 atom stereocenters. The highest BCUT2D eigenvalue weighted by Gasteiger charge is 2.20. The van der Waals surface area contributed by atoms with E-state index in [2.05, 4.69) is 19.9 Å². The second kappa shape index (κ2) is 7.47. The second-order valence-corrected chi connectivity index (χ2v) is 5.78. The van der Waals surface area contributed by atoms with Crippen molar-refractivity contribution in [2.24, 2.45) is 0 Å². The first-order valence-electron chi connectivity index (χ1n) is 8.57. The summed E-state index contributed by atoms with van der Waals surface area (Å²) in [4.78, 5) is 27.2. The zero-order chi connectivity index (χ0) is 19.5. The Morgan fingerprint density at radius 2 is 2.00 bits per heavy atom. The Kier molecular flexibility index (Phi) is 4.71. The first-order chi connectivity index (χ1) is 13.7. The summed E-state index contributed by atoms with van der Waals surface area (Å²) in [6, 6.07) is 8.94. The average molecular weight is 382 g/mol. The molecule has 4 aromatic rings. The van der Waals surface area contributed by atoms with Crippen molar-refractivity contribution in [3.63, 3.8) is 0 Å². The van der Waals surface area contributed by atoms with Gasteiger partial charge in [0.1, 0.15) is 5.56 Å². The monoisotopic (exact) mass is 382 g/mol. The zero-order valence-electron chi connectivity index (χ0n) is 14.8. The van der Waals surface area contributed by atoms with E-state index in [-0.39, 0.29) is 45.9 Å². The lowest BCUT2D eigenvalue weighted by Crippen LogP contribution is -2.06. The van der Waals surface area contributed by atoms with E-state index in [9.17, 15) is 9.18 Å². The van der Waals surface area contributed by atoms with Crippen molar-refractivity contribution in [2.45, 2.75) is 13.3 Å². The van der Waals surface area contributed by atoms with Gasteiger partial charge in [0.15, 0.2) is 17.1 Å². The molecule has 8 nitrogen and oxygen atoms in total. The van der Waals surface area contributed by atoms with Crippen LogP contribution in [0.1, 0.15) is 13.3 Å². The molecule has 0 aliphatic carbocycles. The van der Waals surface area contributed by atoms with Crippen molar-refractivity contribution in [1.82, 2.24) is 19.9 Å². The summed E-state index contributed by atoms with van der Waals surface area (Å²) in [7, 11) is 0. The molecule has 0 radical (unpaired) electrons. The van der Waals surface area contributed by atoms with Crippen LogP contribution in [0.3, 0.4) is 0 Å². The van der Waals surface area contributed by atoms with Gasteiger partial charge < -0.3 is 18.9 Å². The lowest BCUT2D eigenvalue weighted by molar-refractivity contribution is 0.301. The molecule has 0 unspecified atom stereocenters. The van der Waals surface area contributed by atoms with Gasteiger partial charge >= 0.3 is 6.01 Å². The van der Waals surface area contributed by atoms with Crippen LogP contribution in [0.5, 0.6) is 17.6 Å². The number of pyridine rings is 1. The predicted molar refractivity (Wildman–Crippen MR) is 97.9 cm³/mol. The number of para-hydroxylation sites is 1. The van der Waals surface area contributed by atoms with Gasteiger partial charge in [-0.3, -0.25) is 4.79 Å². The molecule has 0 saturated heterocycles. The van der Waals surface area contributed by atoms with Crippen LogP contribution in [0.25, 0.3) is 22.7 Å². The van der Waals surface area contributed by atoms with Crippen molar-refractivity contribution in [1.29, 1.82) is 0 Å². The van der Waals surface area contributed by atoms with Crippen LogP contribution in [0.4, 0.5) is 4.39 Å². The summed E-state index contributed by atoms with van der Waals surface area (Å²) in [6.45, 7) is 2.31. The fraction of sp³-hybridized carbons (Fsp3) is 0.158. The molecule has 0 aliphatic rings. The quantitative estimate of drug-likeness (QED) is 0.542. The molecule has 0 amide bonds. The largest absolute Gasteiger partial charge is 0.476 e. The Bertz CT molecular complexity index is 1190. The van der Waals surface area contributed by atoms with Crippen LogP contribution in [0.15, 0.2) is 51.8 Å². The highest BCUT2D eigenvalue weighted by Crippen LogP contribution is 2.30. The van der Waals surface area contributed by atoms with Gasteiger partial charge in [0, 0.05) is 6.20 Å². The summed E-state index contributed by atoms with van der Waals surface area (Å²) in [6.07, 6.45) is 2.24. The maximum Gasteiger partial charge on any atom is 0.328 e. The first-order valence-corrected chi connectivity index (χ1v) is 8.57. The average Bonchev–Trinajstić information content (AvgIpc) is 3.12. The zero-order valence-corrected chi connectivity index (χ0v) is 14.8. The first kappa shape index (κ1) is 17.7. The van der Waals surface area contributed by atoms with Gasteiger partial charge in [0.2, 0.25) is 5.89 Å². The molecular formula is C19H15FN4O4. The van der Waals surface area contributed by atoms with E-state index in [1.807, 2.05) is 6.92 Å². The minimum atomic E-state index is -0.559. The van der Waals surface area contributed by atoms with E-state index < -0.39 is 5.82 Å². The van der Waals surface area contributed by atoms with E-state index in [4.69, 9.17) is 13.9 Å². The maximum absolute atomic E-state index is 13.9. The number of hydrogen-bond donors (Lipinski definition) is 1. The molecule has 28 heavy (non-hydrogen) atoms. The Labute approximate surface area is 158 Å². The third-order valence-electron chi connectivity index (χ3n) is 3.74. The Balaban J connectivity index is 1.81. The number of nitrogens with zero attached hydrogens (tertiary/aromatic N) is 3. The normalized spacial score (nSPS) is 10.9. The number of ether oxygens (including phenoxy) is 2. The number of aromatic nitrogens is 4. The number of halogens is 1. The van der Waals surface area contributed by atoms with E-state index in [1.54, 1.807) is 24.3 Å². The summed E-state index contributed by atoms with van der Waals surface area (Å²) in [5.74, 6) is -0.407. The summed E-state index contributed by atoms with van der Waals surface area (Å²) in [5, 5.41) is 0. The van der Waals surface area contributed by atoms with Crippen LogP contribution >= 0.6 is 0 Å². The van der Waals surface area contributed by atoms with Crippen LogP contribution in [0.2, 0.25) is 0 Å². The van der Waals surface area contributed by atoms with Crippen LogP contribution in [-0.4, -0.2) is 26.5 Å². The lowest BCUT2D eigenvalue weighted by Gasteiger charge is -2.07. The molecule has 0 aliphatic heterocycles. The van der Waals surface area contributed by atoms with Crippen LogP contribution in [0, 0.1) is 5.82 Å². The number of rotatable bonds is 6. The highest BCUT2D eigenvalue weighted by molar-refractivity contribution is 5.77. The summed E-state index contributed by atoms with van der Waals surface area (Å²) in [5.41, 5.74) is 0.178. The molecule has 142 valence electrons. The fourth-order valence-corrected chi connectivity index (χ4v) is 2.45. The maximum atomic E-state index is 13.9. The molecule has 9 heteroatoms. The number of aromatic amines is 1. The van der Waals surface area contributed by atoms with Crippen LogP contribution < -0.4 is 15.0 Å². The van der Waals surface area contributed by atoms with Gasteiger partial charge in [0.25, 0.3) is 17.2 Å². The van der Waals surface area contributed by atoms with E-state index >= 15 is 0 Å². The predicted octanol–water partition coefficient (Wildman–Crippen LogP) is 3.69. The van der Waals surface area contributed by atoms with Crippen molar-refractivity contribution in [2.75, 3.05) is 6.61 Å². The highest BCUT2D eigenvalue weighted by atomic mass is 19.1. The van der Waals surface area contributed by atoms with Gasteiger partial charge in [0.05, 0.1) is 6.61 Å². The molecule has 0 saturated carbocycles. The molecule has 1 N–H and O–H groups in total.